The predicted octanol–water partition coefficient (Wildman–Crippen LogP) is 3.24. The summed E-state index contributed by atoms with van der Waals surface area (Å²) >= 11 is 5.99. The van der Waals surface area contributed by atoms with Gasteiger partial charge in [0.2, 0.25) is 0 Å². The van der Waals surface area contributed by atoms with Crippen LogP contribution in [0.4, 0.5) is 10.1 Å². The standard InChI is InChI=1S/C26H28ClFN6O4/c1-38-21-14-17(6-8-20(21)32-25(36)18-7-5-16(28)13-19(18)27)34-15-31-22(23(34)24(29)35)26(37)30-9-12-33-10-3-2-4-11-33/h5-8,13-15H,2-4,9-12H2,1H3,(H2,29,35)(H,30,37)(H,32,36). The Morgan fingerprint density at radius 3 is 2.55 bits per heavy atom. The van der Waals surface area contributed by atoms with Crippen molar-refractivity contribution in [2.24, 2.45) is 5.73 Å². The van der Waals surface area contributed by atoms with Gasteiger partial charge in [0.05, 0.1) is 29.1 Å². The third kappa shape index (κ3) is 6.12. The van der Waals surface area contributed by atoms with Crippen molar-refractivity contribution in [3.05, 3.63) is 70.5 Å². The smallest absolute Gasteiger partial charge is 0.272 e. The lowest BCUT2D eigenvalue weighted by molar-refractivity contribution is 0.0924. The Hall–Kier alpha value is -3.96. The number of rotatable bonds is 9. The minimum atomic E-state index is -0.828. The first-order valence-electron chi connectivity index (χ1n) is 12.1. The maximum atomic E-state index is 13.3. The molecule has 3 amide bonds. The lowest BCUT2D eigenvalue weighted by atomic mass is 10.1. The van der Waals surface area contributed by atoms with E-state index in [1.54, 1.807) is 18.2 Å². The fraction of sp³-hybridized carbons (Fsp3) is 0.308. The molecule has 4 rings (SSSR count). The largest absolute Gasteiger partial charge is 0.494 e. The fourth-order valence-electron chi connectivity index (χ4n) is 4.34. The van der Waals surface area contributed by atoms with Crippen LogP contribution < -0.4 is 21.1 Å². The lowest BCUT2D eigenvalue weighted by Crippen LogP contribution is -2.38. The van der Waals surface area contributed by atoms with Crippen molar-refractivity contribution >= 4 is 35.0 Å². The number of methoxy groups -OCH3 is 1. The second kappa shape index (κ2) is 12.1. The van der Waals surface area contributed by atoms with Crippen LogP contribution in [0.25, 0.3) is 5.69 Å². The molecule has 12 heteroatoms. The lowest BCUT2D eigenvalue weighted by Gasteiger charge is -2.26. The third-order valence-corrected chi connectivity index (χ3v) is 6.58. The van der Waals surface area contributed by atoms with E-state index < -0.39 is 23.5 Å². The Bertz CT molecular complexity index is 1360. The molecular weight excluding hydrogens is 515 g/mol. The molecule has 1 aromatic heterocycles. The minimum Gasteiger partial charge on any atom is -0.494 e. The maximum Gasteiger partial charge on any atom is 0.272 e. The quantitative estimate of drug-likeness (QED) is 0.380. The zero-order chi connectivity index (χ0) is 27.2. The number of aromatic nitrogens is 2. The first kappa shape index (κ1) is 27.1. The molecule has 3 aromatic rings. The molecule has 2 heterocycles. The van der Waals surface area contributed by atoms with Crippen LogP contribution in [0, 0.1) is 5.82 Å². The van der Waals surface area contributed by atoms with Gasteiger partial charge in [-0.1, -0.05) is 18.0 Å². The normalized spacial score (nSPS) is 13.7. The number of piperidine rings is 1. The number of imidazole rings is 1. The summed E-state index contributed by atoms with van der Waals surface area (Å²) in [5.74, 6) is -2.20. The highest BCUT2D eigenvalue weighted by molar-refractivity contribution is 6.34. The summed E-state index contributed by atoms with van der Waals surface area (Å²) in [6, 6.07) is 8.14. The summed E-state index contributed by atoms with van der Waals surface area (Å²) in [5, 5.41) is 5.45. The number of nitrogens with two attached hydrogens (primary N) is 1. The van der Waals surface area contributed by atoms with Gasteiger partial charge in [-0.25, -0.2) is 9.37 Å². The van der Waals surface area contributed by atoms with Gasteiger partial charge in [0.25, 0.3) is 17.7 Å². The van der Waals surface area contributed by atoms with Crippen LogP contribution in [-0.2, 0) is 0 Å². The molecule has 1 aliphatic rings. The van der Waals surface area contributed by atoms with E-state index in [1.807, 2.05) is 0 Å². The van der Waals surface area contributed by atoms with Crippen molar-refractivity contribution in [2.45, 2.75) is 19.3 Å². The molecule has 200 valence electrons. The Labute approximate surface area is 223 Å². The molecule has 38 heavy (non-hydrogen) atoms. The van der Waals surface area contributed by atoms with E-state index >= 15 is 0 Å². The molecule has 10 nitrogen and oxygen atoms in total. The zero-order valence-corrected chi connectivity index (χ0v) is 21.6. The molecule has 1 saturated heterocycles. The summed E-state index contributed by atoms with van der Waals surface area (Å²) in [4.78, 5) is 44.3. The van der Waals surface area contributed by atoms with E-state index in [2.05, 4.69) is 20.5 Å². The van der Waals surface area contributed by atoms with Crippen molar-refractivity contribution < 1.29 is 23.5 Å². The molecule has 0 bridgehead atoms. The summed E-state index contributed by atoms with van der Waals surface area (Å²) in [6.45, 7) is 3.15. The van der Waals surface area contributed by atoms with Gasteiger partial charge in [0.15, 0.2) is 5.69 Å². The van der Waals surface area contributed by atoms with E-state index in [0.29, 0.717) is 24.5 Å². The topological polar surface area (TPSA) is 132 Å². The summed E-state index contributed by atoms with van der Waals surface area (Å²) in [5.41, 5.74) is 6.26. The number of nitrogens with zero attached hydrogens (tertiary/aromatic N) is 3. The molecule has 0 aliphatic carbocycles. The number of carbonyl (C=O) groups excluding carboxylic acids is 3. The van der Waals surface area contributed by atoms with E-state index in [0.717, 1.165) is 38.1 Å². The van der Waals surface area contributed by atoms with E-state index in [4.69, 9.17) is 22.1 Å². The molecule has 0 unspecified atom stereocenters. The van der Waals surface area contributed by atoms with Gasteiger partial charge >= 0.3 is 0 Å². The van der Waals surface area contributed by atoms with E-state index in [1.165, 1.54) is 30.5 Å². The highest BCUT2D eigenvalue weighted by atomic mass is 35.5. The molecule has 4 N–H and O–H groups in total. The van der Waals surface area contributed by atoms with Gasteiger partial charge in [0.1, 0.15) is 23.6 Å². The average Bonchev–Trinajstić information content (AvgIpc) is 3.35. The Morgan fingerprint density at radius 2 is 1.87 bits per heavy atom. The van der Waals surface area contributed by atoms with Crippen LogP contribution in [-0.4, -0.2) is 65.5 Å². The Kier molecular flexibility index (Phi) is 8.59. The highest BCUT2D eigenvalue weighted by Crippen LogP contribution is 2.29. The highest BCUT2D eigenvalue weighted by Gasteiger charge is 2.24. The molecule has 0 spiro atoms. The SMILES string of the molecule is COc1cc(-n2cnc(C(=O)NCCN3CCCCC3)c2C(N)=O)ccc1NC(=O)c1ccc(F)cc1Cl. The molecular formula is C26H28ClFN6O4. The number of hydrogen-bond donors (Lipinski definition) is 3. The van der Waals surface area contributed by atoms with Crippen LogP contribution in [0.15, 0.2) is 42.7 Å². The predicted molar refractivity (Wildman–Crippen MR) is 141 cm³/mol. The van der Waals surface area contributed by atoms with Gasteiger partial charge in [-0.2, -0.15) is 0 Å². The third-order valence-electron chi connectivity index (χ3n) is 6.27. The first-order chi connectivity index (χ1) is 18.3. The fourth-order valence-corrected chi connectivity index (χ4v) is 4.59. The molecule has 0 radical (unpaired) electrons. The van der Waals surface area contributed by atoms with Gasteiger partial charge in [-0.15, -0.1) is 0 Å². The maximum absolute atomic E-state index is 13.3. The summed E-state index contributed by atoms with van der Waals surface area (Å²) in [6.07, 6.45) is 4.85. The zero-order valence-electron chi connectivity index (χ0n) is 20.8. The first-order valence-corrected chi connectivity index (χ1v) is 12.5. The van der Waals surface area contributed by atoms with Crippen LogP contribution in [0.1, 0.15) is 50.6 Å². The van der Waals surface area contributed by atoms with Crippen LogP contribution >= 0.6 is 11.6 Å². The Balaban J connectivity index is 1.52. The number of anilines is 1. The number of halogens is 2. The van der Waals surface area contributed by atoms with Crippen molar-refractivity contribution in [3.8, 4) is 11.4 Å². The number of nitrogens with one attached hydrogen (secondary N) is 2. The number of ether oxygens (including phenoxy) is 1. The van der Waals surface area contributed by atoms with Crippen molar-refractivity contribution in [2.75, 3.05) is 38.6 Å². The monoisotopic (exact) mass is 542 g/mol. The van der Waals surface area contributed by atoms with Crippen molar-refractivity contribution in [1.82, 2.24) is 19.8 Å². The number of likely N-dealkylation sites (tertiary alicyclic amines) is 1. The molecule has 2 aromatic carbocycles. The number of primary amides is 1. The minimum absolute atomic E-state index is 0.0377. The molecule has 1 fully saturated rings. The van der Waals surface area contributed by atoms with Gasteiger partial charge in [-0.3, -0.25) is 19.0 Å². The van der Waals surface area contributed by atoms with Gasteiger partial charge < -0.3 is 26.0 Å². The second-order valence-electron chi connectivity index (χ2n) is 8.80. The summed E-state index contributed by atoms with van der Waals surface area (Å²) < 4.78 is 20.1. The van der Waals surface area contributed by atoms with Gasteiger partial charge in [-0.05, 0) is 56.3 Å². The van der Waals surface area contributed by atoms with Crippen molar-refractivity contribution in [3.63, 3.8) is 0 Å². The molecule has 1 aliphatic heterocycles. The summed E-state index contributed by atoms with van der Waals surface area (Å²) in [7, 11) is 1.41. The van der Waals surface area contributed by atoms with Crippen molar-refractivity contribution in [1.29, 1.82) is 0 Å². The van der Waals surface area contributed by atoms with Crippen LogP contribution in [0.5, 0.6) is 5.75 Å². The van der Waals surface area contributed by atoms with Crippen LogP contribution in [0.2, 0.25) is 5.02 Å². The second-order valence-corrected chi connectivity index (χ2v) is 9.20. The average molecular weight is 543 g/mol. The number of hydrogen-bond acceptors (Lipinski definition) is 6. The van der Waals surface area contributed by atoms with E-state index in [9.17, 15) is 18.8 Å². The molecule has 0 saturated carbocycles. The number of amides is 3. The van der Waals surface area contributed by atoms with E-state index in [-0.39, 0.29) is 27.7 Å². The number of benzene rings is 2. The molecule has 0 atom stereocenters. The van der Waals surface area contributed by atoms with Crippen LogP contribution in [0.3, 0.4) is 0 Å². The number of carbonyl (C=O) groups is 3. The van der Waals surface area contributed by atoms with Gasteiger partial charge in [0, 0.05) is 19.2 Å². The Morgan fingerprint density at radius 1 is 1.11 bits per heavy atom.